The number of hydrogen-bond donors (Lipinski definition) is 1. The van der Waals surface area contributed by atoms with Crippen molar-refractivity contribution in [1.82, 2.24) is 0 Å². The van der Waals surface area contributed by atoms with E-state index in [2.05, 4.69) is 26.8 Å². The third-order valence-corrected chi connectivity index (χ3v) is 4.41. The Labute approximate surface area is 121 Å². The van der Waals surface area contributed by atoms with E-state index in [0.29, 0.717) is 18.4 Å². The zero-order chi connectivity index (χ0) is 14.0. The van der Waals surface area contributed by atoms with Crippen LogP contribution in [0.25, 0.3) is 0 Å². The van der Waals surface area contributed by atoms with Crippen LogP contribution in [-0.4, -0.2) is 12.6 Å². The molecule has 0 heterocycles. The fraction of sp³-hybridized carbons (Fsp3) is 0.625. The molecule has 0 aromatic heterocycles. The number of hydrogen-bond acceptors (Lipinski definition) is 2. The van der Waals surface area contributed by atoms with E-state index in [9.17, 15) is 0 Å². The summed E-state index contributed by atoms with van der Waals surface area (Å²) in [4.78, 5) is 0. The second-order valence-electron chi connectivity index (χ2n) is 5.88. The maximum absolute atomic E-state index is 6.29. The van der Waals surface area contributed by atoms with Crippen LogP contribution in [0.4, 0.5) is 0 Å². The Balaban J connectivity index is 2.22. The first kappa shape index (κ1) is 14.7. The van der Waals surface area contributed by atoms with Crippen molar-refractivity contribution < 1.29 is 4.74 Å². The van der Waals surface area contributed by atoms with Crippen molar-refractivity contribution in [3.8, 4) is 5.75 Å². The van der Waals surface area contributed by atoms with E-state index in [-0.39, 0.29) is 6.10 Å². The minimum absolute atomic E-state index is 0.268. The summed E-state index contributed by atoms with van der Waals surface area (Å²) >= 11 is 6.29. The van der Waals surface area contributed by atoms with Crippen LogP contribution < -0.4 is 10.5 Å². The molecular weight excluding hydrogens is 258 g/mol. The molecule has 2 nitrogen and oxygen atoms in total. The van der Waals surface area contributed by atoms with Crippen molar-refractivity contribution >= 4 is 11.6 Å². The highest BCUT2D eigenvalue weighted by molar-refractivity contribution is 6.31. The highest BCUT2D eigenvalue weighted by Crippen LogP contribution is 2.35. The summed E-state index contributed by atoms with van der Waals surface area (Å²) in [5.41, 5.74) is 8.08. The van der Waals surface area contributed by atoms with Gasteiger partial charge in [0, 0.05) is 10.9 Å². The third kappa shape index (κ3) is 3.24. The Morgan fingerprint density at radius 1 is 1.37 bits per heavy atom. The molecule has 1 aliphatic carbocycles. The van der Waals surface area contributed by atoms with Gasteiger partial charge in [0.2, 0.25) is 0 Å². The van der Waals surface area contributed by atoms with E-state index in [1.807, 2.05) is 6.07 Å². The Bertz CT molecular complexity index is 445. The van der Waals surface area contributed by atoms with E-state index >= 15 is 0 Å². The number of nitrogens with two attached hydrogens (primary N) is 1. The fourth-order valence-electron chi connectivity index (χ4n) is 2.83. The number of ether oxygens (including phenoxy) is 1. The fourth-order valence-corrected chi connectivity index (χ4v) is 3.27. The van der Waals surface area contributed by atoms with Crippen molar-refractivity contribution in [3.63, 3.8) is 0 Å². The van der Waals surface area contributed by atoms with E-state index in [4.69, 9.17) is 22.1 Å². The SMILES string of the molecule is Cc1cc(Cl)c(C(C)C)cc1OC1CCCC1CN. The van der Waals surface area contributed by atoms with Crippen LogP contribution in [0.2, 0.25) is 5.02 Å². The van der Waals surface area contributed by atoms with Gasteiger partial charge in [-0.1, -0.05) is 25.4 Å². The molecule has 1 saturated carbocycles. The summed E-state index contributed by atoms with van der Waals surface area (Å²) < 4.78 is 6.22. The molecule has 0 radical (unpaired) electrons. The first-order valence-electron chi connectivity index (χ1n) is 7.19. The first-order valence-corrected chi connectivity index (χ1v) is 7.57. The predicted octanol–water partition coefficient (Wildman–Crippen LogP) is 4.28. The predicted molar refractivity (Wildman–Crippen MR) is 81.1 cm³/mol. The lowest BCUT2D eigenvalue weighted by Crippen LogP contribution is -2.27. The lowest BCUT2D eigenvalue weighted by Gasteiger charge is -2.22. The van der Waals surface area contributed by atoms with Gasteiger partial charge in [-0.15, -0.1) is 0 Å². The molecule has 3 heteroatoms. The van der Waals surface area contributed by atoms with E-state index in [1.54, 1.807) is 0 Å². The van der Waals surface area contributed by atoms with Gasteiger partial charge in [0.1, 0.15) is 11.9 Å². The average Bonchev–Trinajstić information content (AvgIpc) is 2.79. The van der Waals surface area contributed by atoms with Crippen molar-refractivity contribution in [1.29, 1.82) is 0 Å². The van der Waals surface area contributed by atoms with Gasteiger partial charge in [0.25, 0.3) is 0 Å². The maximum Gasteiger partial charge on any atom is 0.123 e. The highest BCUT2D eigenvalue weighted by atomic mass is 35.5. The van der Waals surface area contributed by atoms with Crippen LogP contribution >= 0.6 is 11.6 Å². The van der Waals surface area contributed by atoms with Gasteiger partial charge in [-0.25, -0.2) is 0 Å². The molecule has 0 spiro atoms. The maximum atomic E-state index is 6.29. The quantitative estimate of drug-likeness (QED) is 0.894. The molecule has 0 aliphatic heterocycles. The number of rotatable bonds is 4. The van der Waals surface area contributed by atoms with E-state index in [0.717, 1.165) is 28.3 Å². The molecule has 0 amide bonds. The molecule has 2 rings (SSSR count). The summed E-state index contributed by atoms with van der Waals surface area (Å²) in [5.74, 6) is 1.88. The van der Waals surface area contributed by atoms with Crippen LogP contribution in [0.5, 0.6) is 5.75 Å². The lowest BCUT2D eigenvalue weighted by atomic mass is 10.0. The smallest absolute Gasteiger partial charge is 0.123 e. The van der Waals surface area contributed by atoms with E-state index in [1.165, 1.54) is 12.8 Å². The molecule has 1 aliphatic rings. The highest BCUT2D eigenvalue weighted by Gasteiger charge is 2.28. The molecule has 19 heavy (non-hydrogen) atoms. The second kappa shape index (κ2) is 6.15. The molecule has 1 aromatic rings. The lowest BCUT2D eigenvalue weighted by molar-refractivity contribution is 0.161. The first-order chi connectivity index (χ1) is 9.02. The summed E-state index contributed by atoms with van der Waals surface area (Å²) in [7, 11) is 0. The molecule has 2 unspecified atom stereocenters. The Morgan fingerprint density at radius 2 is 2.11 bits per heavy atom. The van der Waals surface area contributed by atoms with Crippen LogP contribution in [-0.2, 0) is 0 Å². The topological polar surface area (TPSA) is 35.2 Å². The molecule has 1 aromatic carbocycles. The van der Waals surface area contributed by atoms with Crippen molar-refractivity contribution in [2.45, 2.75) is 52.1 Å². The Kier molecular flexibility index (Phi) is 4.75. The van der Waals surface area contributed by atoms with Gasteiger partial charge in [0.05, 0.1) is 0 Å². The second-order valence-corrected chi connectivity index (χ2v) is 6.28. The van der Waals surface area contributed by atoms with Gasteiger partial charge in [0.15, 0.2) is 0 Å². The zero-order valence-electron chi connectivity index (χ0n) is 12.1. The summed E-state index contributed by atoms with van der Waals surface area (Å²) in [5, 5.41) is 0.835. The Hall–Kier alpha value is -0.730. The molecule has 2 N–H and O–H groups in total. The van der Waals surface area contributed by atoms with Crippen LogP contribution in [0.3, 0.4) is 0 Å². The van der Waals surface area contributed by atoms with Gasteiger partial charge in [-0.2, -0.15) is 0 Å². The molecular formula is C16H24ClNO. The molecule has 1 fully saturated rings. The van der Waals surface area contributed by atoms with Gasteiger partial charge >= 0.3 is 0 Å². The number of halogens is 1. The van der Waals surface area contributed by atoms with Crippen LogP contribution in [0.1, 0.15) is 50.2 Å². The normalized spacial score (nSPS) is 23.1. The Morgan fingerprint density at radius 3 is 2.74 bits per heavy atom. The monoisotopic (exact) mass is 281 g/mol. The largest absolute Gasteiger partial charge is 0.490 e. The molecule has 0 saturated heterocycles. The van der Waals surface area contributed by atoms with Crippen molar-refractivity contribution in [2.75, 3.05) is 6.54 Å². The summed E-state index contributed by atoms with van der Waals surface area (Å²) in [6.45, 7) is 7.07. The standard InChI is InChI=1S/C16H24ClNO/c1-10(2)13-8-16(11(3)7-14(13)17)19-15-6-4-5-12(15)9-18/h7-8,10,12,15H,4-6,9,18H2,1-3H3. The third-order valence-electron chi connectivity index (χ3n) is 4.09. The summed E-state index contributed by atoms with van der Waals surface area (Å²) in [6, 6.07) is 4.12. The zero-order valence-corrected chi connectivity index (χ0v) is 12.8. The number of aryl methyl sites for hydroxylation is 1. The van der Waals surface area contributed by atoms with Crippen molar-refractivity contribution in [3.05, 3.63) is 28.3 Å². The minimum atomic E-state index is 0.268. The molecule has 2 atom stereocenters. The summed E-state index contributed by atoms with van der Waals surface area (Å²) in [6.07, 6.45) is 3.78. The number of benzene rings is 1. The molecule has 0 bridgehead atoms. The van der Waals surface area contributed by atoms with Gasteiger partial charge in [-0.05, 0) is 61.9 Å². The average molecular weight is 282 g/mol. The van der Waals surface area contributed by atoms with E-state index < -0.39 is 0 Å². The van der Waals surface area contributed by atoms with Crippen LogP contribution in [0.15, 0.2) is 12.1 Å². The minimum Gasteiger partial charge on any atom is -0.490 e. The van der Waals surface area contributed by atoms with Gasteiger partial charge in [-0.3, -0.25) is 0 Å². The van der Waals surface area contributed by atoms with Crippen LogP contribution in [0, 0.1) is 12.8 Å². The van der Waals surface area contributed by atoms with Crippen molar-refractivity contribution in [2.24, 2.45) is 11.7 Å². The van der Waals surface area contributed by atoms with Gasteiger partial charge < -0.3 is 10.5 Å². The molecule has 106 valence electrons.